The van der Waals surface area contributed by atoms with E-state index in [0.717, 1.165) is 14.7 Å². The van der Waals surface area contributed by atoms with Gasteiger partial charge in [0.05, 0.1) is 61.8 Å². The number of hydrogen-bond acceptors (Lipinski definition) is 15. The molecule has 67 heavy (non-hydrogen) atoms. The van der Waals surface area contributed by atoms with E-state index in [-0.39, 0.29) is 25.4 Å². The molecule has 368 valence electrons. The maximum Gasteiger partial charge on any atom is 0.338 e. The Hall–Kier alpha value is -3.92. The molecule has 3 heterocycles. The summed E-state index contributed by atoms with van der Waals surface area (Å²) in [5.41, 5.74) is 2.74. The summed E-state index contributed by atoms with van der Waals surface area (Å²) in [6, 6.07) is 16.2. The van der Waals surface area contributed by atoms with Gasteiger partial charge in [0.25, 0.3) is 0 Å². The van der Waals surface area contributed by atoms with Crippen LogP contribution in [0.25, 0.3) is 0 Å². The van der Waals surface area contributed by atoms with Gasteiger partial charge in [0.2, 0.25) is 0 Å². The van der Waals surface area contributed by atoms with Gasteiger partial charge in [-0.3, -0.25) is 19.2 Å². The molecule has 12 atom stereocenters. The van der Waals surface area contributed by atoms with Crippen LogP contribution >= 0.6 is 22.6 Å². The van der Waals surface area contributed by atoms with Crippen LogP contribution in [0.1, 0.15) is 81.9 Å². The van der Waals surface area contributed by atoms with E-state index in [0.29, 0.717) is 56.7 Å². The Morgan fingerprint density at radius 1 is 0.985 bits per heavy atom. The lowest BCUT2D eigenvalue weighted by Gasteiger charge is -2.46. The first kappa shape index (κ1) is 54.0. The number of hydrogen-bond donors (Lipinski definition) is 4. The van der Waals surface area contributed by atoms with Gasteiger partial charge < -0.3 is 44.3 Å². The van der Waals surface area contributed by atoms with Gasteiger partial charge in [-0.1, -0.05) is 74.0 Å². The first-order valence-corrected chi connectivity index (χ1v) is 24.4. The average Bonchev–Trinajstić information content (AvgIpc) is 3.77. The highest BCUT2D eigenvalue weighted by Gasteiger charge is 2.47. The van der Waals surface area contributed by atoms with E-state index in [4.69, 9.17) is 18.9 Å². The Morgan fingerprint density at radius 3 is 2.37 bits per heavy atom. The van der Waals surface area contributed by atoms with Crippen LogP contribution in [0.2, 0.25) is 0 Å². The number of rotatable bonds is 16. The molecule has 1 fully saturated rings. The minimum atomic E-state index is -1.29. The molecule has 17 heteroatoms. The molecule has 1 aromatic heterocycles. The molecule has 2 aromatic carbocycles. The smallest absolute Gasteiger partial charge is 0.338 e. The second-order valence-corrected chi connectivity index (χ2v) is 19.6. The molecular weight excluding hydrogens is 973 g/mol. The van der Waals surface area contributed by atoms with Crippen LogP contribution in [-0.2, 0) is 48.2 Å². The van der Waals surface area contributed by atoms with Crippen molar-refractivity contribution in [3.05, 3.63) is 105 Å². The zero-order chi connectivity index (χ0) is 48.8. The summed E-state index contributed by atoms with van der Waals surface area (Å²) in [4.78, 5) is 44.1. The van der Waals surface area contributed by atoms with Crippen LogP contribution in [0.4, 0.5) is 0 Å². The molecule has 5 rings (SSSR count). The number of nitrogens with zero attached hydrogens (tertiary/aromatic N) is 5. The lowest BCUT2D eigenvalue weighted by Crippen LogP contribution is -2.63. The maximum atomic E-state index is 14.0. The van der Waals surface area contributed by atoms with Crippen molar-refractivity contribution in [3.63, 3.8) is 0 Å². The minimum absolute atomic E-state index is 0.0400. The van der Waals surface area contributed by atoms with E-state index in [9.17, 15) is 34.8 Å². The molecule has 0 bridgehead atoms. The summed E-state index contributed by atoms with van der Waals surface area (Å²) in [5.74, 6) is -3.44. The van der Waals surface area contributed by atoms with Crippen LogP contribution in [0.15, 0.2) is 84.6 Å². The third-order valence-electron chi connectivity index (χ3n) is 12.9. The van der Waals surface area contributed by atoms with Gasteiger partial charge in [0.1, 0.15) is 24.5 Å². The summed E-state index contributed by atoms with van der Waals surface area (Å²) >= 11 is 2.27. The number of carbonyl (C=O) groups is 3. The van der Waals surface area contributed by atoms with E-state index < -0.39 is 84.6 Å². The molecular formula is C50H70IN5O11. The first-order valence-electron chi connectivity index (χ1n) is 23.3. The van der Waals surface area contributed by atoms with E-state index in [1.807, 2.05) is 39.0 Å². The van der Waals surface area contributed by atoms with Crippen molar-refractivity contribution in [1.29, 1.82) is 0 Å². The summed E-state index contributed by atoms with van der Waals surface area (Å²) in [5, 5.41) is 53.6. The number of aliphatic hydroxyl groups is 4. The summed E-state index contributed by atoms with van der Waals surface area (Å²) in [6.07, 6.45) is 0.543. The summed E-state index contributed by atoms with van der Waals surface area (Å²) in [6.45, 7) is 10.7. The third kappa shape index (κ3) is 15.8. The number of likely N-dealkylation sites (N-methyl/N-ethyl adjacent to an activating group) is 1. The number of carbonyl (C=O) groups excluding carboxylic acids is 3. The van der Waals surface area contributed by atoms with Crippen molar-refractivity contribution in [3.8, 4) is 0 Å². The first-order chi connectivity index (χ1) is 32.0. The van der Waals surface area contributed by atoms with Gasteiger partial charge >= 0.3 is 11.9 Å². The highest BCUT2D eigenvalue weighted by molar-refractivity contribution is 14.1. The highest BCUT2D eigenvalue weighted by Crippen LogP contribution is 2.35. The molecule has 2 aliphatic heterocycles. The standard InChI is InChI=1S/C50H70IN5O11/c1-8-43-38(29-57)24-31(2)14-19-41(58)32(3)25-37(48(33(4)42(59)26-44(60)66-43)67-50-47(62)45(54(6)7)46(61)34(5)65-50)20-21-55(27-35-15-17-39(51)18-16-35)22-23-56-28-40(52-53-56)30-64-49(63)36-12-10-9-11-13-36/h9-19,24,28,32-34,37-38,42-43,45-48,50,57,59,61-62H,8,20-23,25-27,29-30H2,1-7H3/b19-14+,31-24+/t32-,33+,34-,37+,38-,42-,43-,45?,46-,47?,48-,50+/m1/s1. The lowest BCUT2D eigenvalue weighted by atomic mass is 9.79. The second kappa shape index (κ2) is 26.2. The Bertz CT molecular complexity index is 2080. The predicted molar refractivity (Wildman–Crippen MR) is 259 cm³/mol. The average molecular weight is 1040 g/mol. The SMILES string of the molecule is CC[C@H]1OC(=O)C[C@@H](O)[C@H](C)[C@@H](O[C@@H]2O[C@H](C)[C@@H](O)C(N(C)C)C2O)[C@@H](CCN(CCn2cc(COC(=O)c3ccccc3)nn2)Cc2ccc(I)cc2)C[C@@H](C)C(=O)/C=C/C(C)=C/[C@@H]1CO. The quantitative estimate of drug-likeness (QED) is 0.111. The van der Waals surface area contributed by atoms with Gasteiger partial charge in [0, 0.05) is 34.4 Å². The number of ketones is 1. The molecule has 0 radical (unpaired) electrons. The van der Waals surface area contributed by atoms with Gasteiger partial charge in [-0.15, -0.1) is 5.10 Å². The molecule has 2 aliphatic rings. The molecule has 0 amide bonds. The van der Waals surface area contributed by atoms with Gasteiger partial charge in [-0.25, -0.2) is 4.79 Å². The van der Waals surface area contributed by atoms with Crippen LogP contribution in [0, 0.1) is 27.2 Å². The lowest BCUT2D eigenvalue weighted by molar-refractivity contribution is -0.304. The Labute approximate surface area is 408 Å². The van der Waals surface area contributed by atoms with Crippen LogP contribution in [-0.4, -0.2) is 146 Å². The van der Waals surface area contributed by atoms with Crippen LogP contribution in [0.3, 0.4) is 0 Å². The topological polar surface area (TPSA) is 206 Å². The number of benzene rings is 2. The van der Waals surface area contributed by atoms with Crippen molar-refractivity contribution < 1.29 is 53.8 Å². The fourth-order valence-corrected chi connectivity index (χ4v) is 9.24. The molecule has 2 unspecified atom stereocenters. The largest absolute Gasteiger partial charge is 0.462 e. The Kier molecular flexibility index (Phi) is 21.1. The van der Waals surface area contributed by atoms with E-state index >= 15 is 0 Å². The molecule has 4 N–H and O–H groups in total. The number of halogens is 1. The van der Waals surface area contributed by atoms with Crippen molar-refractivity contribution in [2.75, 3.05) is 33.8 Å². The number of ether oxygens (including phenoxy) is 4. The Balaban J connectivity index is 1.47. The fourth-order valence-electron chi connectivity index (χ4n) is 8.88. The monoisotopic (exact) mass is 1040 g/mol. The number of aliphatic hydroxyl groups excluding tert-OH is 4. The maximum absolute atomic E-state index is 14.0. The minimum Gasteiger partial charge on any atom is -0.462 e. The molecule has 16 nitrogen and oxygen atoms in total. The Morgan fingerprint density at radius 2 is 1.70 bits per heavy atom. The summed E-state index contributed by atoms with van der Waals surface area (Å²) < 4.78 is 27.2. The molecule has 0 saturated carbocycles. The highest BCUT2D eigenvalue weighted by atomic mass is 127. The van der Waals surface area contributed by atoms with Crippen molar-refractivity contribution in [2.24, 2.45) is 23.7 Å². The predicted octanol–water partition coefficient (Wildman–Crippen LogP) is 4.96. The van der Waals surface area contributed by atoms with E-state index in [1.54, 1.807) is 80.1 Å². The molecule has 0 spiro atoms. The number of cyclic esters (lactones) is 1. The van der Waals surface area contributed by atoms with E-state index in [1.165, 1.54) is 6.08 Å². The van der Waals surface area contributed by atoms with Gasteiger partial charge in [0.15, 0.2) is 12.1 Å². The van der Waals surface area contributed by atoms with Crippen LogP contribution in [0.5, 0.6) is 0 Å². The number of esters is 2. The van der Waals surface area contributed by atoms with Gasteiger partial charge in [-0.05, 0) is 118 Å². The normalized spacial score (nSPS) is 30.4. The fraction of sp³-hybridized carbons (Fsp3) is 0.580. The zero-order valence-corrected chi connectivity index (χ0v) is 41.9. The third-order valence-corrected chi connectivity index (χ3v) is 13.6. The van der Waals surface area contributed by atoms with Crippen LogP contribution < -0.4 is 0 Å². The molecule has 1 saturated heterocycles. The molecule has 3 aromatic rings. The number of aromatic nitrogens is 3. The van der Waals surface area contributed by atoms with Crippen molar-refractivity contribution >= 4 is 40.3 Å². The zero-order valence-electron chi connectivity index (χ0n) is 39.8. The second-order valence-electron chi connectivity index (χ2n) is 18.3. The summed E-state index contributed by atoms with van der Waals surface area (Å²) in [7, 11) is 3.51. The van der Waals surface area contributed by atoms with Crippen molar-refractivity contribution in [1.82, 2.24) is 24.8 Å². The van der Waals surface area contributed by atoms with Gasteiger partial charge in [-0.2, -0.15) is 0 Å². The van der Waals surface area contributed by atoms with E-state index in [2.05, 4.69) is 49.9 Å². The number of allylic oxidation sites excluding steroid dienone is 3. The molecule has 0 aliphatic carbocycles. The van der Waals surface area contributed by atoms with Crippen molar-refractivity contribution in [2.45, 2.75) is 129 Å².